The fourth-order valence-corrected chi connectivity index (χ4v) is 4.49. The summed E-state index contributed by atoms with van der Waals surface area (Å²) in [5, 5.41) is 0.0800. The maximum atomic E-state index is 14.1. The van der Waals surface area contributed by atoms with Gasteiger partial charge in [-0.2, -0.15) is 0 Å². The zero-order valence-electron chi connectivity index (χ0n) is 22.1. The van der Waals surface area contributed by atoms with Gasteiger partial charge in [0.1, 0.15) is 24.5 Å². The van der Waals surface area contributed by atoms with Crippen LogP contribution in [0.2, 0.25) is 0 Å². The minimum absolute atomic E-state index is 0.0800. The molecule has 0 atom stereocenters. The van der Waals surface area contributed by atoms with Gasteiger partial charge in [-0.05, 0) is 53.1 Å². The van der Waals surface area contributed by atoms with Gasteiger partial charge in [0.15, 0.2) is 11.6 Å². The summed E-state index contributed by atoms with van der Waals surface area (Å²) >= 11 is 0. The number of benzene rings is 4. The van der Waals surface area contributed by atoms with Gasteiger partial charge in [0, 0.05) is 17.7 Å². The third-order valence-corrected chi connectivity index (χ3v) is 6.43. The van der Waals surface area contributed by atoms with Gasteiger partial charge in [-0.15, -0.1) is 0 Å². The Morgan fingerprint density at radius 3 is 2.41 bits per heavy atom. The Morgan fingerprint density at radius 1 is 0.902 bits per heavy atom. The van der Waals surface area contributed by atoms with Gasteiger partial charge in [0.25, 0.3) is 11.8 Å². The Bertz CT molecular complexity index is 1670. The first-order chi connectivity index (χ1) is 19.9. The zero-order chi connectivity index (χ0) is 28.8. The average molecular weight is 557 g/mol. The number of rotatable bonds is 10. The molecule has 4 aromatic carbocycles. The topological polar surface area (TPSA) is 81.0 Å². The highest BCUT2D eigenvalue weighted by molar-refractivity contribution is 5.96. The normalized spacial score (nSPS) is 10.9. The number of halogens is 2. The summed E-state index contributed by atoms with van der Waals surface area (Å²) in [6, 6.07) is 25.8. The predicted octanol–water partition coefficient (Wildman–Crippen LogP) is 6.28. The molecule has 7 nitrogen and oxygen atoms in total. The highest BCUT2D eigenvalue weighted by atomic mass is 19.2. The predicted molar refractivity (Wildman–Crippen MR) is 149 cm³/mol. The number of ether oxygens (including phenoxy) is 1. The molecule has 2 amide bonds. The van der Waals surface area contributed by atoms with E-state index in [1.807, 2.05) is 36.4 Å². The van der Waals surface area contributed by atoms with E-state index in [-0.39, 0.29) is 36.6 Å². The van der Waals surface area contributed by atoms with Crippen LogP contribution in [0.25, 0.3) is 22.1 Å². The minimum Gasteiger partial charge on any atom is -0.489 e. The van der Waals surface area contributed by atoms with Gasteiger partial charge in [0.05, 0.1) is 18.8 Å². The van der Waals surface area contributed by atoms with Crippen molar-refractivity contribution in [1.82, 2.24) is 10.4 Å². The van der Waals surface area contributed by atoms with Gasteiger partial charge in [0.2, 0.25) is 0 Å². The van der Waals surface area contributed by atoms with Crippen LogP contribution in [-0.4, -0.2) is 30.4 Å². The number of hydrogen-bond acceptors (Lipinski definition) is 5. The largest absolute Gasteiger partial charge is 0.489 e. The van der Waals surface area contributed by atoms with Crippen molar-refractivity contribution in [3.05, 3.63) is 126 Å². The number of nitrogens with zero attached hydrogens (tertiary/aromatic N) is 1. The highest BCUT2D eigenvalue weighted by Crippen LogP contribution is 2.33. The average Bonchev–Trinajstić information content (AvgIpc) is 3.49. The van der Waals surface area contributed by atoms with E-state index in [1.54, 1.807) is 42.5 Å². The van der Waals surface area contributed by atoms with Crippen molar-refractivity contribution in [1.29, 1.82) is 0 Å². The van der Waals surface area contributed by atoms with Crippen molar-refractivity contribution in [3.8, 4) is 16.9 Å². The summed E-state index contributed by atoms with van der Waals surface area (Å²) in [5.41, 5.74) is 5.62. The van der Waals surface area contributed by atoms with Gasteiger partial charge in [-0.25, -0.2) is 14.3 Å². The summed E-state index contributed by atoms with van der Waals surface area (Å²) < 4.78 is 39.5. The van der Waals surface area contributed by atoms with Crippen LogP contribution >= 0.6 is 0 Å². The van der Waals surface area contributed by atoms with Crippen LogP contribution in [0.1, 0.15) is 21.5 Å². The molecular formula is C32H26F2N2O5. The summed E-state index contributed by atoms with van der Waals surface area (Å²) in [6.45, 7) is 0.236. The van der Waals surface area contributed by atoms with Crippen molar-refractivity contribution in [2.24, 2.45) is 0 Å². The van der Waals surface area contributed by atoms with E-state index in [2.05, 4.69) is 5.48 Å². The van der Waals surface area contributed by atoms with Gasteiger partial charge >= 0.3 is 0 Å². The van der Waals surface area contributed by atoms with Crippen molar-refractivity contribution in [3.63, 3.8) is 0 Å². The highest BCUT2D eigenvalue weighted by Gasteiger charge is 2.20. The van der Waals surface area contributed by atoms with E-state index in [4.69, 9.17) is 14.0 Å². The molecule has 0 fully saturated rings. The third-order valence-electron chi connectivity index (χ3n) is 6.43. The maximum absolute atomic E-state index is 14.1. The maximum Gasteiger partial charge on any atom is 0.263 e. The molecule has 0 spiro atoms. The molecule has 5 rings (SSSR count). The number of amides is 2. The Labute approximate surface area is 234 Å². The monoisotopic (exact) mass is 556 g/mol. The summed E-state index contributed by atoms with van der Waals surface area (Å²) in [5.74, 6) is -2.12. The van der Waals surface area contributed by atoms with Crippen molar-refractivity contribution < 1.29 is 32.4 Å². The minimum atomic E-state index is -0.953. The van der Waals surface area contributed by atoms with Gasteiger partial charge in [-0.3, -0.25) is 14.4 Å². The van der Waals surface area contributed by atoms with Crippen LogP contribution in [0.15, 0.2) is 102 Å². The Balaban J connectivity index is 1.28. The molecule has 41 heavy (non-hydrogen) atoms. The molecule has 0 aliphatic carbocycles. The van der Waals surface area contributed by atoms with Gasteiger partial charge in [-0.1, -0.05) is 54.6 Å². The summed E-state index contributed by atoms with van der Waals surface area (Å²) in [7, 11) is 1.33. The molecule has 208 valence electrons. The molecule has 1 heterocycles. The van der Waals surface area contributed by atoms with E-state index < -0.39 is 17.5 Å². The molecule has 0 unspecified atom stereocenters. The molecule has 9 heteroatoms. The van der Waals surface area contributed by atoms with Crippen molar-refractivity contribution in [2.75, 3.05) is 13.7 Å². The number of furan rings is 1. The Morgan fingerprint density at radius 2 is 1.66 bits per heavy atom. The molecule has 0 radical (unpaired) electrons. The standard InChI is InChI=1S/C32H26F2N2O5/c1-39-35-29(37)19-36(18-21-6-3-2-4-7-21)32(38)24-9-5-8-22(16-24)20-41-25-12-10-23(11-13-25)27-17-28(33)30(34)26-14-15-40-31(26)27/h2-17H,18-20H2,1H3,(H,35,37). The molecular weight excluding hydrogens is 530 g/mol. The molecule has 0 aliphatic rings. The van der Waals surface area contributed by atoms with E-state index in [0.29, 0.717) is 22.4 Å². The van der Waals surface area contributed by atoms with E-state index in [0.717, 1.165) is 17.2 Å². The lowest BCUT2D eigenvalue weighted by Crippen LogP contribution is -2.40. The van der Waals surface area contributed by atoms with E-state index >= 15 is 0 Å². The fraction of sp³-hybridized carbons (Fsp3) is 0.125. The van der Waals surface area contributed by atoms with E-state index in [1.165, 1.54) is 24.3 Å². The zero-order valence-corrected chi connectivity index (χ0v) is 22.1. The first kappa shape index (κ1) is 27.5. The van der Waals surface area contributed by atoms with Gasteiger partial charge < -0.3 is 14.1 Å². The van der Waals surface area contributed by atoms with Crippen LogP contribution in [0.5, 0.6) is 5.75 Å². The van der Waals surface area contributed by atoms with Crippen molar-refractivity contribution in [2.45, 2.75) is 13.2 Å². The molecule has 0 saturated heterocycles. The van der Waals surface area contributed by atoms with Crippen LogP contribution in [-0.2, 0) is 22.8 Å². The molecule has 1 aromatic heterocycles. The van der Waals surface area contributed by atoms with Crippen LogP contribution < -0.4 is 10.2 Å². The molecule has 0 aliphatic heterocycles. The number of hydroxylamine groups is 1. The molecule has 1 N–H and O–H groups in total. The second-order valence-corrected chi connectivity index (χ2v) is 9.27. The number of fused-ring (bicyclic) bond motifs is 1. The van der Waals surface area contributed by atoms with Crippen LogP contribution in [0.4, 0.5) is 8.78 Å². The smallest absolute Gasteiger partial charge is 0.263 e. The quantitative estimate of drug-likeness (QED) is 0.205. The Hall–Kier alpha value is -5.02. The molecule has 0 saturated carbocycles. The van der Waals surface area contributed by atoms with Crippen molar-refractivity contribution >= 4 is 22.8 Å². The number of hydrogen-bond donors (Lipinski definition) is 1. The number of carbonyl (C=O) groups excluding carboxylic acids is 2. The lowest BCUT2D eigenvalue weighted by Gasteiger charge is -2.22. The summed E-state index contributed by atoms with van der Waals surface area (Å²) in [6.07, 6.45) is 1.32. The molecule has 5 aromatic rings. The SMILES string of the molecule is CONC(=O)CN(Cc1ccccc1)C(=O)c1cccc(COc2ccc(-c3cc(F)c(F)c4ccoc34)cc2)c1. The summed E-state index contributed by atoms with van der Waals surface area (Å²) in [4.78, 5) is 31.8. The second-order valence-electron chi connectivity index (χ2n) is 9.27. The first-order valence-corrected chi connectivity index (χ1v) is 12.8. The van der Waals surface area contributed by atoms with Crippen LogP contribution in [0.3, 0.4) is 0 Å². The Kier molecular flexibility index (Phi) is 8.36. The van der Waals surface area contributed by atoms with E-state index in [9.17, 15) is 18.4 Å². The number of nitrogens with one attached hydrogen (secondary N) is 1. The lowest BCUT2D eigenvalue weighted by atomic mass is 10.0. The fourth-order valence-electron chi connectivity index (χ4n) is 4.49. The third kappa shape index (κ3) is 6.42. The second kappa shape index (κ2) is 12.4. The molecule has 0 bridgehead atoms. The lowest BCUT2D eigenvalue weighted by molar-refractivity contribution is -0.132. The van der Waals surface area contributed by atoms with Crippen LogP contribution in [0, 0.1) is 11.6 Å². The first-order valence-electron chi connectivity index (χ1n) is 12.8. The number of carbonyl (C=O) groups is 2.